The van der Waals surface area contributed by atoms with Gasteiger partial charge < -0.3 is 0 Å². The van der Waals surface area contributed by atoms with E-state index in [9.17, 15) is 4.39 Å². The van der Waals surface area contributed by atoms with E-state index in [-0.39, 0.29) is 11.1 Å². The molecule has 1 atom stereocenters. The van der Waals surface area contributed by atoms with Crippen LogP contribution in [0, 0.1) is 12.7 Å². The Morgan fingerprint density at radius 2 is 1.95 bits per heavy atom. The van der Waals surface area contributed by atoms with E-state index in [1.807, 2.05) is 25.1 Å². The van der Waals surface area contributed by atoms with Crippen molar-refractivity contribution in [2.75, 3.05) is 0 Å². The first-order valence-corrected chi connectivity index (χ1v) is 6.93. The van der Waals surface area contributed by atoms with Crippen LogP contribution >= 0.6 is 23.2 Å². The number of hydrogen-bond acceptors (Lipinski definition) is 2. The molecule has 1 unspecified atom stereocenters. The molecular formula is C15H15Cl2FN2. The minimum absolute atomic E-state index is 0.116. The van der Waals surface area contributed by atoms with E-state index < -0.39 is 5.82 Å². The third kappa shape index (κ3) is 3.49. The Morgan fingerprint density at radius 1 is 1.20 bits per heavy atom. The summed E-state index contributed by atoms with van der Waals surface area (Å²) in [5.41, 5.74) is 5.64. The summed E-state index contributed by atoms with van der Waals surface area (Å²) in [7, 11) is 0. The number of aryl methyl sites for hydroxylation is 1. The highest BCUT2D eigenvalue weighted by atomic mass is 35.5. The predicted octanol–water partition coefficient (Wildman–Crippen LogP) is 4.19. The monoisotopic (exact) mass is 312 g/mol. The van der Waals surface area contributed by atoms with Crippen LogP contribution in [0.2, 0.25) is 10.0 Å². The van der Waals surface area contributed by atoms with Crippen molar-refractivity contribution in [2.24, 2.45) is 5.84 Å². The molecule has 5 heteroatoms. The van der Waals surface area contributed by atoms with Crippen molar-refractivity contribution in [1.82, 2.24) is 5.43 Å². The zero-order chi connectivity index (χ0) is 14.7. The van der Waals surface area contributed by atoms with Crippen molar-refractivity contribution in [1.29, 1.82) is 0 Å². The number of halogens is 3. The molecule has 0 fully saturated rings. The van der Waals surface area contributed by atoms with Gasteiger partial charge in [0, 0.05) is 5.02 Å². The van der Waals surface area contributed by atoms with Gasteiger partial charge in [-0.2, -0.15) is 0 Å². The fourth-order valence-electron chi connectivity index (χ4n) is 2.15. The SMILES string of the molecule is Cc1ccc(Cl)cc1C(Cc1ccc(Cl)c(F)c1)NN. The third-order valence-corrected chi connectivity index (χ3v) is 3.78. The highest BCUT2D eigenvalue weighted by Gasteiger charge is 2.14. The smallest absolute Gasteiger partial charge is 0.142 e. The van der Waals surface area contributed by atoms with E-state index in [0.29, 0.717) is 11.4 Å². The zero-order valence-electron chi connectivity index (χ0n) is 11.0. The molecule has 0 heterocycles. The first-order valence-electron chi connectivity index (χ1n) is 6.17. The van der Waals surface area contributed by atoms with Gasteiger partial charge in [0.1, 0.15) is 5.82 Å². The summed E-state index contributed by atoms with van der Waals surface area (Å²) in [5.74, 6) is 5.20. The summed E-state index contributed by atoms with van der Waals surface area (Å²) in [6.07, 6.45) is 0.547. The van der Waals surface area contributed by atoms with E-state index >= 15 is 0 Å². The van der Waals surface area contributed by atoms with E-state index in [1.54, 1.807) is 12.1 Å². The Balaban J connectivity index is 2.28. The van der Waals surface area contributed by atoms with Crippen LogP contribution in [-0.4, -0.2) is 0 Å². The van der Waals surface area contributed by atoms with Crippen molar-refractivity contribution in [3.63, 3.8) is 0 Å². The lowest BCUT2D eigenvalue weighted by atomic mass is 9.96. The molecule has 0 aromatic heterocycles. The Hall–Kier alpha value is -1.13. The Labute approximate surface area is 127 Å². The minimum atomic E-state index is -0.428. The first-order chi connectivity index (χ1) is 9.51. The lowest BCUT2D eigenvalue weighted by Crippen LogP contribution is -2.30. The molecule has 0 saturated heterocycles. The third-order valence-electron chi connectivity index (χ3n) is 3.24. The van der Waals surface area contributed by atoms with Crippen molar-refractivity contribution < 1.29 is 4.39 Å². The molecule has 0 bridgehead atoms. The van der Waals surface area contributed by atoms with E-state index in [1.165, 1.54) is 6.07 Å². The summed E-state index contributed by atoms with van der Waals surface area (Å²) >= 11 is 11.7. The average molecular weight is 313 g/mol. The first kappa shape index (κ1) is 15.3. The van der Waals surface area contributed by atoms with E-state index in [4.69, 9.17) is 29.0 Å². The number of benzene rings is 2. The highest BCUT2D eigenvalue weighted by Crippen LogP contribution is 2.25. The Morgan fingerprint density at radius 3 is 2.60 bits per heavy atom. The van der Waals surface area contributed by atoms with Crippen molar-refractivity contribution in [3.8, 4) is 0 Å². The van der Waals surface area contributed by atoms with Crippen LogP contribution < -0.4 is 11.3 Å². The molecule has 0 aliphatic carbocycles. The summed E-state index contributed by atoms with van der Waals surface area (Å²) in [4.78, 5) is 0. The molecule has 0 radical (unpaired) electrons. The highest BCUT2D eigenvalue weighted by molar-refractivity contribution is 6.31. The van der Waals surface area contributed by atoms with Crippen LogP contribution in [0.25, 0.3) is 0 Å². The van der Waals surface area contributed by atoms with Gasteiger partial charge in [0.2, 0.25) is 0 Å². The largest absolute Gasteiger partial charge is 0.271 e. The molecule has 2 nitrogen and oxygen atoms in total. The average Bonchev–Trinajstić information content (AvgIpc) is 2.43. The molecule has 2 rings (SSSR count). The van der Waals surface area contributed by atoms with Gasteiger partial charge in [-0.05, 0) is 54.3 Å². The molecule has 3 N–H and O–H groups in total. The molecule has 0 spiro atoms. The van der Waals surface area contributed by atoms with Crippen molar-refractivity contribution in [3.05, 3.63) is 69.0 Å². The van der Waals surface area contributed by atoms with Gasteiger partial charge in [0.25, 0.3) is 0 Å². The predicted molar refractivity (Wildman–Crippen MR) is 81.4 cm³/mol. The summed E-state index contributed by atoms with van der Waals surface area (Å²) in [6.45, 7) is 1.98. The summed E-state index contributed by atoms with van der Waals surface area (Å²) < 4.78 is 13.5. The van der Waals surface area contributed by atoms with Crippen LogP contribution in [0.4, 0.5) is 4.39 Å². The molecule has 0 amide bonds. The fraction of sp³-hybridized carbons (Fsp3) is 0.200. The molecule has 2 aromatic rings. The van der Waals surface area contributed by atoms with Crippen LogP contribution in [0.5, 0.6) is 0 Å². The molecular weight excluding hydrogens is 298 g/mol. The van der Waals surface area contributed by atoms with Gasteiger partial charge in [-0.3, -0.25) is 11.3 Å². The molecule has 0 saturated carbocycles. The molecule has 2 aromatic carbocycles. The topological polar surface area (TPSA) is 38.0 Å². The van der Waals surface area contributed by atoms with Gasteiger partial charge in [-0.1, -0.05) is 35.3 Å². The number of nitrogens with two attached hydrogens (primary N) is 1. The molecule has 0 aliphatic heterocycles. The van der Waals surface area contributed by atoms with Crippen molar-refractivity contribution in [2.45, 2.75) is 19.4 Å². The minimum Gasteiger partial charge on any atom is -0.271 e. The van der Waals surface area contributed by atoms with Crippen LogP contribution in [0.15, 0.2) is 36.4 Å². The second-order valence-electron chi connectivity index (χ2n) is 4.67. The van der Waals surface area contributed by atoms with Gasteiger partial charge in [-0.15, -0.1) is 0 Å². The summed E-state index contributed by atoms with van der Waals surface area (Å²) in [5, 5.41) is 0.762. The second kappa shape index (κ2) is 6.55. The van der Waals surface area contributed by atoms with Crippen LogP contribution in [-0.2, 0) is 6.42 Å². The van der Waals surface area contributed by atoms with Gasteiger partial charge >= 0.3 is 0 Å². The number of nitrogens with one attached hydrogen (secondary N) is 1. The lowest BCUT2D eigenvalue weighted by molar-refractivity contribution is 0.546. The van der Waals surface area contributed by atoms with Gasteiger partial charge in [0.05, 0.1) is 11.1 Å². The van der Waals surface area contributed by atoms with E-state index in [2.05, 4.69) is 5.43 Å². The van der Waals surface area contributed by atoms with Gasteiger partial charge in [-0.25, -0.2) is 4.39 Å². The number of rotatable bonds is 4. The quantitative estimate of drug-likeness (QED) is 0.656. The summed E-state index contributed by atoms with van der Waals surface area (Å²) in [6, 6.07) is 10.2. The Kier molecular flexibility index (Phi) is 5.00. The maximum atomic E-state index is 13.5. The van der Waals surface area contributed by atoms with Crippen molar-refractivity contribution >= 4 is 23.2 Å². The number of hydrazine groups is 1. The molecule has 106 valence electrons. The van der Waals surface area contributed by atoms with Crippen LogP contribution in [0.3, 0.4) is 0 Å². The maximum Gasteiger partial charge on any atom is 0.142 e. The molecule has 20 heavy (non-hydrogen) atoms. The van der Waals surface area contributed by atoms with Crippen LogP contribution in [0.1, 0.15) is 22.7 Å². The molecule has 0 aliphatic rings. The zero-order valence-corrected chi connectivity index (χ0v) is 12.5. The number of hydrogen-bond donors (Lipinski definition) is 2. The Bertz CT molecular complexity index is 617. The standard InChI is InChI=1S/C15H15Cl2FN2/c1-9-2-4-11(16)8-12(9)15(20-19)7-10-3-5-13(17)14(18)6-10/h2-6,8,15,20H,7,19H2,1H3. The van der Waals surface area contributed by atoms with Gasteiger partial charge in [0.15, 0.2) is 0 Å². The lowest BCUT2D eigenvalue weighted by Gasteiger charge is -2.19. The maximum absolute atomic E-state index is 13.5. The van der Waals surface area contributed by atoms with E-state index in [0.717, 1.165) is 16.7 Å². The second-order valence-corrected chi connectivity index (χ2v) is 5.52. The fourth-order valence-corrected chi connectivity index (χ4v) is 2.45. The normalized spacial score (nSPS) is 12.4.